The molecule has 21 heavy (non-hydrogen) atoms. The highest BCUT2D eigenvalue weighted by atomic mass is 16.5. The maximum Gasteiger partial charge on any atom is 0.333 e. The molecule has 0 N–H and O–H groups in total. The van der Waals surface area contributed by atoms with Gasteiger partial charge in [-0.1, -0.05) is 77.7 Å². The summed E-state index contributed by atoms with van der Waals surface area (Å²) in [5.41, 5.74) is 0.487. The molecule has 0 bridgehead atoms. The van der Waals surface area contributed by atoms with Gasteiger partial charge in [0.05, 0.1) is 6.10 Å². The van der Waals surface area contributed by atoms with Crippen LogP contribution >= 0.6 is 0 Å². The molecular formula is C19H36O2. The van der Waals surface area contributed by atoms with Crippen molar-refractivity contribution in [1.82, 2.24) is 0 Å². The average molecular weight is 296 g/mol. The monoisotopic (exact) mass is 296 g/mol. The maximum absolute atomic E-state index is 11.3. The van der Waals surface area contributed by atoms with E-state index < -0.39 is 0 Å². The van der Waals surface area contributed by atoms with Gasteiger partial charge in [0.1, 0.15) is 0 Å². The van der Waals surface area contributed by atoms with Crippen LogP contribution in [0.5, 0.6) is 0 Å². The summed E-state index contributed by atoms with van der Waals surface area (Å²) in [6.07, 6.45) is 15.8. The summed E-state index contributed by atoms with van der Waals surface area (Å²) in [4.78, 5) is 11.3. The van der Waals surface area contributed by atoms with Gasteiger partial charge in [0.15, 0.2) is 0 Å². The number of hydrogen-bond donors (Lipinski definition) is 0. The number of rotatable bonds is 14. The van der Waals surface area contributed by atoms with Gasteiger partial charge in [0, 0.05) is 5.57 Å². The zero-order valence-electron chi connectivity index (χ0n) is 14.6. The molecule has 0 aliphatic carbocycles. The van der Waals surface area contributed by atoms with Crippen molar-refractivity contribution in [3.63, 3.8) is 0 Å². The Morgan fingerprint density at radius 2 is 1.33 bits per heavy atom. The molecule has 0 aromatic rings. The van der Waals surface area contributed by atoms with Gasteiger partial charge in [0.2, 0.25) is 0 Å². The van der Waals surface area contributed by atoms with Crippen molar-refractivity contribution in [2.75, 3.05) is 0 Å². The summed E-state index contributed by atoms with van der Waals surface area (Å²) in [7, 11) is 0. The van der Waals surface area contributed by atoms with Crippen LogP contribution in [-0.4, -0.2) is 12.1 Å². The minimum absolute atomic E-state index is 0.0211. The lowest BCUT2D eigenvalue weighted by atomic mass is 10.0. The van der Waals surface area contributed by atoms with E-state index in [9.17, 15) is 4.79 Å². The first-order chi connectivity index (χ1) is 10.1. The predicted molar refractivity (Wildman–Crippen MR) is 91.4 cm³/mol. The molecule has 0 aliphatic heterocycles. The van der Waals surface area contributed by atoms with Crippen molar-refractivity contribution >= 4 is 5.97 Å². The minimum atomic E-state index is -0.259. The summed E-state index contributed by atoms with van der Waals surface area (Å²) >= 11 is 0. The fraction of sp³-hybridized carbons (Fsp3) is 0.842. The van der Waals surface area contributed by atoms with Crippen LogP contribution in [0.4, 0.5) is 0 Å². The number of unbranched alkanes of at least 4 members (excludes halogenated alkanes) is 10. The van der Waals surface area contributed by atoms with E-state index in [0.717, 1.165) is 12.8 Å². The van der Waals surface area contributed by atoms with Crippen LogP contribution in [0.15, 0.2) is 12.2 Å². The Hall–Kier alpha value is -0.790. The highest BCUT2D eigenvalue weighted by Crippen LogP contribution is 2.13. The zero-order valence-corrected chi connectivity index (χ0v) is 14.6. The molecule has 2 heteroatoms. The lowest BCUT2D eigenvalue weighted by molar-refractivity contribution is -0.143. The van der Waals surface area contributed by atoms with Crippen LogP contribution in [0.2, 0.25) is 0 Å². The Morgan fingerprint density at radius 3 is 1.76 bits per heavy atom. The van der Waals surface area contributed by atoms with Gasteiger partial charge in [-0.05, 0) is 26.7 Å². The molecule has 2 nitrogen and oxygen atoms in total. The number of carbonyl (C=O) groups excluding carboxylic acids is 1. The first kappa shape index (κ1) is 20.2. The highest BCUT2D eigenvalue weighted by molar-refractivity contribution is 5.87. The summed E-state index contributed by atoms with van der Waals surface area (Å²) in [6.45, 7) is 9.52. The fourth-order valence-electron chi connectivity index (χ4n) is 2.44. The van der Waals surface area contributed by atoms with Crippen molar-refractivity contribution in [2.24, 2.45) is 0 Å². The van der Waals surface area contributed by atoms with E-state index in [4.69, 9.17) is 4.74 Å². The Kier molecular flexibility index (Phi) is 13.6. The number of carbonyl (C=O) groups is 1. The molecule has 0 aromatic carbocycles. The molecule has 1 atom stereocenters. The third kappa shape index (κ3) is 13.9. The van der Waals surface area contributed by atoms with Gasteiger partial charge >= 0.3 is 5.97 Å². The molecule has 0 amide bonds. The zero-order chi connectivity index (χ0) is 15.9. The second-order valence-corrected chi connectivity index (χ2v) is 6.32. The van der Waals surface area contributed by atoms with E-state index in [0.29, 0.717) is 5.57 Å². The molecule has 0 aliphatic rings. The van der Waals surface area contributed by atoms with Crippen molar-refractivity contribution in [1.29, 1.82) is 0 Å². The van der Waals surface area contributed by atoms with E-state index in [-0.39, 0.29) is 12.1 Å². The second kappa shape index (κ2) is 14.2. The van der Waals surface area contributed by atoms with E-state index in [1.54, 1.807) is 6.92 Å². The quantitative estimate of drug-likeness (QED) is 0.217. The topological polar surface area (TPSA) is 26.3 Å². The molecule has 0 rings (SSSR count). The van der Waals surface area contributed by atoms with Crippen LogP contribution in [0.1, 0.15) is 97.8 Å². The Balaban J connectivity index is 3.25. The average Bonchev–Trinajstić information content (AvgIpc) is 2.44. The number of ether oxygens (including phenoxy) is 1. The predicted octanol–water partition coefficient (Wildman–Crippen LogP) is 6.20. The molecule has 0 saturated heterocycles. The van der Waals surface area contributed by atoms with Gasteiger partial charge in [0.25, 0.3) is 0 Å². The third-order valence-corrected chi connectivity index (χ3v) is 3.87. The number of hydrogen-bond acceptors (Lipinski definition) is 2. The molecule has 0 spiro atoms. The molecule has 124 valence electrons. The normalized spacial score (nSPS) is 12.1. The molecule has 1 unspecified atom stereocenters. The fourth-order valence-corrected chi connectivity index (χ4v) is 2.44. The van der Waals surface area contributed by atoms with E-state index in [2.05, 4.69) is 13.5 Å². The van der Waals surface area contributed by atoms with Crippen LogP contribution in [0.3, 0.4) is 0 Å². The van der Waals surface area contributed by atoms with E-state index >= 15 is 0 Å². The van der Waals surface area contributed by atoms with Gasteiger partial charge < -0.3 is 4.74 Å². The lowest BCUT2D eigenvalue weighted by Crippen LogP contribution is -2.15. The maximum atomic E-state index is 11.3. The smallest absolute Gasteiger partial charge is 0.333 e. The van der Waals surface area contributed by atoms with Crippen molar-refractivity contribution in [3.8, 4) is 0 Å². The minimum Gasteiger partial charge on any atom is -0.459 e. The van der Waals surface area contributed by atoms with Crippen LogP contribution in [-0.2, 0) is 9.53 Å². The van der Waals surface area contributed by atoms with E-state index in [1.807, 2.05) is 6.92 Å². The standard InChI is InChI=1S/C19H36O2/c1-5-6-7-8-9-10-11-12-13-14-15-16-18(4)21-19(20)17(2)3/h18H,2,5-16H2,1,3-4H3. The Labute approximate surface area is 132 Å². The molecule has 0 fully saturated rings. The Morgan fingerprint density at radius 1 is 0.905 bits per heavy atom. The highest BCUT2D eigenvalue weighted by Gasteiger charge is 2.09. The molecule has 0 aromatic heterocycles. The second-order valence-electron chi connectivity index (χ2n) is 6.32. The van der Waals surface area contributed by atoms with E-state index in [1.165, 1.54) is 64.2 Å². The van der Waals surface area contributed by atoms with Crippen molar-refractivity contribution < 1.29 is 9.53 Å². The SMILES string of the molecule is C=C(C)C(=O)OC(C)CCCCCCCCCCCCC. The summed E-state index contributed by atoms with van der Waals surface area (Å²) in [6, 6.07) is 0. The molecule has 0 heterocycles. The van der Waals surface area contributed by atoms with Gasteiger partial charge in [-0.2, -0.15) is 0 Å². The van der Waals surface area contributed by atoms with Gasteiger partial charge in [-0.3, -0.25) is 0 Å². The molecule has 0 saturated carbocycles. The Bertz CT molecular complexity index is 271. The van der Waals surface area contributed by atoms with Gasteiger partial charge in [-0.15, -0.1) is 0 Å². The molecule has 0 radical (unpaired) electrons. The van der Waals surface area contributed by atoms with Crippen molar-refractivity contribution in [3.05, 3.63) is 12.2 Å². The van der Waals surface area contributed by atoms with Crippen LogP contribution in [0, 0.1) is 0 Å². The van der Waals surface area contributed by atoms with Crippen LogP contribution in [0.25, 0.3) is 0 Å². The van der Waals surface area contributed by atoms with Crippen molar-refractivity contribution in [2.45, 2.75) is 104 Å². The first-order valence-electron chi connectivity index (χ1n) is 8.94. The van der Waals surface area contributed by atoms with Gasteiger partial charge in [-0.25, -0.2) is 4.79 Å². The lowest BCUT2D eigenvalue weighted by Gasteiger charge is -2.12. The first-order valence-corrected chi connectivity index (χ1v) is 8.94. The summed E-state index contributed by atoms with van der Waals surface area (Å²) in [5, 5.41) is 0. The summed E-state index contributed by atoms with van der Waals surface area (Å²) < 4.78 is 5.27. The summed E-state index contributed by atoms with van der Waals surface area (Å²) in [5.74, 6) is -0.259. The van der Waals surface area contributed by atoms with Crippen LogP contribution < -0.4 is 0 Å². The number of esters is 1. The third-order valence-electron chi connectivity index (χ3n) is 3.87. The molecular weight excluding hydrogens is 260 g/mol. The largest absolute Gasteiger partial charge is 0.459 e.